The first-order chi connectivity index (χ1) is 10.2. The van der Waals surface area contributed by atoms with Crippen LogP contribution < -0.4 is 0 Å². The second kappa shape index (κ2) is 7.65. The Hall–Kier alpha value is -1.53. The number of aliphatic carboxylic acids is 1. The Morgan fingerprint density at radius 2 is 1.45 bits per heavy atom. The monoisotopic (exact) mass is 316 g/mol. The molecule has 0 aliphatic rings. The Kier molecular flexibility index (Phi) is 6.43. The van der Waals surface area contributed by atoms with Crippen LogP contribution in [0, 0.1) is 11.5 Å². The predicted molar refractivity (Wildman–Crippen MR) is 95.7 cm³/mol. The first-order valence-corrected chi connectivity index (χ1v) is 10.3. The van der Waals surface area contributed by atoms with Gasteiger partial charge in [0.15, 0.2) is 0 Å². The molecule has 120 valence electrons. The highest BCUT2D eigenvalue weighted by Crippen LogP contribution is 2.40. The molecule has 2 nitrogen and oxygen atoms in total. The van der Waals surface area contributed by atoms with Gasteiger partial charge in [0.25, 0.3) is 0 Å². The third-order valence-corrected chi connectivity index (χ3v) is 10.9. The van der Waals surface area contributed by atoms with Crippen molar-refractivity contribution in [1.29, 1.82) is 0 Å². The zero-order valence-corrected chi connectivity index (χ0v) is 15.6. The van der Waals surface area contributed by atoms with Gasteiger partial charge in [-0.3, -0.25) is 4.79 Å². The topological polar surface area (TPSA) is 37.3 Å². The molecule has 1 N–H and O–H groups in total. The molecule has 0 spiro atoms. The van der Waals surface area contributed by atoms with E-state index < -0.39 is 14.0 Å². The molecule has 0 bridgehead atoms. The maximum atomic E-state index is 10.7. The zero-order valence-electron chi connectivity index (χ0n) is 14.6. The van der Waals surface area contributed by atoms with Crippen LogP contribution in [0.15, 0.2) is 24.3 Å². The highest BCUT2D eigenvalue weighted by Gasteiger charge is 2.41. The SMILES string of the molecule is CC(C)[Si](C#Cc1ccc(CC(=O)O)cc1)(C(C)C)C(C)C. The smallest absolute Gasteiger partial charge is 0.307 e. The molecule has 0 heterocycles. The number of hydrogen-bond acceptors (Lipinski definition) is 1. The molecule has 0 aromatic heterocycles. The molecule has 0 fully saturated rings. The number of hydrogen-bond donors (Lipinski definition) is 1. The van der Waals surface area contributed by atoms with Gasteiger partial charge in [-0.25, -0.2) is 0 Å². The van der Waals surface area contributed by atoms with Crippen LogP contribution in [0.5, 0.6) is 0 Å². The molecule has 0 saturated carbocycles. The molecule has 1 rings (SSSR count). The lowest BCUT2D eigenvalue weighted by Gasteiger charge is -2.38. The van der Waals surface area contributed by atoms with Crippen molar-refractivity contribution in [2.24, 2.45) is 0 Å². The van der Waals surface area contributed by atoms with E-state index in [1.165, 1.54) is 0 Å². The van der Waals surface area contributed by atoms with Crippen molar-refractivity contribution >= 4 is 14.0 Å². The van der Waals surface area contributed by atoms with Gasteiger partial charge >= 0.3 is 5.97 Å². The van der Waals surface area contributed by atoms with Gasteiger partial charge < -0.3 is 5.11 Å². The van der Waals surface area contributed by atoms with Crippen LogP contribution in [0.4, 0.5) is 0 Å². The summed E-state index contributed by atoms with van der Waals surface area (Å²) in [6, 6.07) is 7.60. The van der Waals surface area contributed by atoms with E-state index in [1.54, 1.807) is 0 Å². The van der Waals surface area contributed by atoms with E-state index in [0.29, 0.717) is 16.6 Å². The third kappa shape index (κ3) is 4.24. The summed E-state index contributed by atoms with van der Waals surface area (Å²) in [6.45, 7) is 13.8. The van der Waals surface area contributed by atoms with E-state index in [1.807, 2.05) is 24.3 Å². The van der Waals surface area contributed by atoms with E-state index in [-0.39, 0.29) is 6.42 Å². The minimum absolute atomic E-state index is 0.0659. The molecular formula is C19H28O2Si. The second-order valence-corrected chi connectivity index (χ2v) is 12.5. The summed E-state index contributed by atoms with van der Waals surface area (Å²) in [5, 5.41) is 8.81. The quantitative estimate of drug-likeness (QED) is 0.621. The lowest BCUT2D eigenvalue weighted by atomic mass is 10.1. The van der Waals surface area contributed by atoms with E-state index in [0.717, 1.165) is 11.1 Å². The van der Waals surface area contributed by atoms with Crippen LogP contribution in [0.25, 0.3) is 0 Å². The fourth-order valence-corrected chi connectivity index (χ4v) is 8.72. The Balaban J connectivity index is 3.10. The molecule has 1 aromatic carbocycles. The lowest BCUT2D eigenvalue weighted by molar-refractivity contribution is -0.136. The van der Waals surface area contributed by atoms with E-state index in [2.05, 4.69) is 53.0 Å². The van der Waals surface area contributed by atoms with Crippen molar-refractivity contribution in [2.75, 3.05) is 0 Å². The van der Waals surface area contributed by atoms with Crippen molar-refractivity contribution in [3.8, 4) is 11.5 Å². The van der Waals surface area contributed by atoms with Crippen LogP contribution in [0.1, 0.15) is 52.7 Å². The van der Waals surface area contributed by atoms with Crippen molar-refractivity contribution in [3.63, 3.8) is 0 Å². The maximum Gasteiger partial charge on any atom is 0.307 e. The summed E-state index contributed by atoms with van der Waals surface area (Å²) in [5.41, 5.74) is 7.33. The van der Waals surface area contributed by atoms with Gasteiger partial charge in [-0.05, 0) is 34.3 Å². The summed E-state index contributed by atoms with van der Waals surface area (Å²) in [4.78, 5) is 10.7. The number of carboxylic acid groups (broad SMARTS) is 1. The molecule has 0 aliphatic heterocycles. The number of benzene rings is 1. The highest BCUT2D eigenvalue weighted by atomic mass is 28.3. The number of carboxylic acids is 1. The highest BCUT2D eigenvalue weighted by molar-refractivity contribution is 6.90. The molecule has 0 saturated heterocycles. The van der Waals surface area contributed by atoms with Gasteiger partial charge in [0.05, 0.1) is 6.42 Å². The molecule has 0 aliphatic carbocycles. The van der Waals surface area contributed by atoms with E-state index in [9.17, 15) is 4.79 Å². The summed E-state index contributed by atoms with van der Waals surface area (Å²) >= 11 is 0. The summed E-state index contributed by atoms with van der Waals surface area (Å²) in [5.74, 6) is 2.57. The minimum Gasteiger partial charge on any atom is -0.481 e. The third-order valence-electron chi connectivity index (χ3n) is 4.60. The molecule has 0 radical (unpaired) electrons. The molecule has 0 amide bonds. The molecule has 0 unspecified atom stereocenters. The van der Waals surface area contributed by atoms with Crippen LogP contribution in [0.2, 0.25) is 16.6 Å². The van der Waals surface area contributed by atoms with Crippen molar-refractivity contribution in [3.05, 3.63) is 35.4 Å². The predicted octanol–water partition coefficient (Wildman–Crippen LogP) is 4.88. The van der Waals surface area contributed by atoms with Gasteiger partial charge in [0.2, 0.25) is 0 Å². The van der Waals surface area contributed by atoms with Crippen molar-refractivity contribution < 1.29 is 9.90 Å². The maximum absolute atomic E-state index is 10.7. The fourth-order valence-electron chi connectivity index (χ4n) is 3.49. The summed E-state index contributed by atoms with van der Waals surface area (Å²) in [7, 11) is -1.71. The van der Waals surface area contributed by atoms with Gasteiger partial charge in [-0.2, -0.15) is 0 Å². The normalized spacial score (nSPS) is 11.7. The molecule has 3 heteroatoms. The summed E-state index contributed by atoms with van der Waals surface area (Å²) in [6.07, 6.45) is 0.0659. The Labute approximate surface area is 136 Å². The first-order valence-electron chi connectivity index (χ1n) is 8.04. The molecule has 1 aromatic rings. The standard InChI is InChI=1S/C19H28O2Si/c1-14(2)22(15(3)4,16(5)6)12-11-17-7-9-18(10-8-17)13-19(20)21/h7-10,14-16H,13H2,1-6H3,(H,20,21). The van der Waals surface area contributed by atoms with Crippen LogP contribution in [-0.2, 0) is 11.2 Å². The Morgan fingerprint density at radius 3 is 1.82 bits per heavy atom. The van der Waals surface area contributed by atoms with Gasteiger partial charge in [-0.1, -0.05) is 59.6 Å². The van der Waals surface area contributed by atoms with E-state index >= 15 is 0 Å². The van der Waals surface area contributed by atoms with Crippen LogP contribution in [0.3, 0.4) is 0 Å². The van der Waals surface area contributed by atoms with E-state index in [4.69, 9.17) is 5.11 Å². The zero-order chi connectivity index (χ0) is 16.9. The number of carbonyl (C=O) groups is 1. The second-order valence-electron chi connectivity index (χ2n) is 6.91. The first kappa shape index (κ1) is 18.5. The number of rotatable bonds is 5. The Morgan fingerprint density at radius 1 is 1.00 bits per heavy atom. The van der Waals surface area contributed by atoms with Crippen LogP contribution in [-0.4, -0.2) is 19.1 Å². The van der Waals surface area contributed by atoms with Gasteiger partial charge in [-0.15, -0.1) is 5.54 Å². The summed E-state index contributed by atoms with van der Waals surface area (Å²) < 4.78 is 0. The Bertz CT molecular complexity index is 538. The van der Waals surface area contributed by atoms with Gasteiger partial charge in [0, 0.05) is 5.56 Å². The molecular weight excluding hydrogens is 288 g/mol. The largest absolute Gasteiger partial charge is 0.481 e. The fraction of sp³-hybridized carbons (Fsp3) is 0.526. The molecule has 0 atom stereocenters. The van der Waals surface area contributed by atoms with Crippen molar-refractivity contribution in [1.82, 2.24) is 0 Å². The lowest BCUT2D eigenvalue weighted by Crippen LogP contribution is -2.43. The van der Waals surface area contributed by atoms with Crippen molar-refractivity contribution in [2.45, 2.75) is 64.6 Å². The molecule has 22 heavy (non-hydrogen) atoms. The van der Waals surface area contributed by atoms with Gasteiger partial charge in [0.1, 0.15) is 8.07 Å². The average Bonchev–Trinajstić information content (AvgIpc) is 2.39. The minimum atomic E-state index is -1.71. The van der Waals surface area contributed by atoms with Crippen LogP contribution >= 0.6 is 0 Å². The average molecular weight is 317 g/mol.